The topological polar surface area (TPSA) is 69.6 Å². The molecule has 0 radical (unpaired) electrons. The van der Waals surface area contributed by atoms with E-state index in [1.54, 1.807) is 6.08 Å². The van der Waals surface area contributed by atoms with Crippen LogP contribution in [0, 0.1) is 0 Å². The van der Waals surface area contributed by atoms with Gasteiger partial charge in [-0.25, -0.2) is 0 Å². The molecular weight excluding hydrogens is 771 g/mol. The number of carbonyl (C=O) groups is 1. The van der Waals surface area contributed by atoms with Crippen LogP contribution in [0.2, 0.25) is 0 Å². The van der Waals surface area contributed by atoms with E-state index in [0.717, 1.165) is 83.5 Å². The van der Waals surface area contributed by atoms with Crippen molar-refractivity contribution < 1.29 is 15.0 Å². The molecule has 4 nitrogen and oxygen atoms in total. The molecule has 362 valence electrons. The Balaban J connectivity index is 3.63. The molecule has 0 rings (SSSR count). The lowest BCUT2D eigenvalue weighted by molar-refractivity contribution is -0.123. The van der Waals surface area contributed by atoms with Crippen molar-refractivity contribution in [3.63, 3.8) is 0 Å². The molecule has 0 aromatic carbocycles. The van der Waals surface area contributed by atoms with E-state index in [4.69, 9.17) is 0 Å². The van der Waals surface area contributed by atoms with E-state index >= 15 is 0 Å². The molecule has 4 heteroatoms. The van der Waals surface area contributed by atoms with Crippen LogP contribution in [0.25, 0.3) is 0 Å². The lowest BCUT2D eigenvalue weighted by Crippen LogP contribution is -2.45. The first-order valence-corrected chi connectivity index (χ1v) is 27.0. The van der Waals surface area contributed by atoms with Gasteiger partial charge < -0.3 is 15.5 Å². The van der Waals surface area contributed by atoms with E-state index in [9.17, 15) is 15.0 Å². The predicted molar refractivity (Wildman–Crippen MR) is 280 cm³/mol. The highest BCUT2D eigenvalue weighted by Gasteiger charge is 2.17. The maximum atomic E-state index is 12.4. The highest BCUT2D eigenvalue weighted by atomic mass is 16.3. The average Bonchev–Trinajstić information content (AvgIpc) is 3.29. The van der Waals surface area contributed by atoms with Gasteiger partial charge in [0.15, 0.2) is 0 Å². The molecule has 0 aliphatic rings. The van der Waals surface area contributed by atoms with Gasteiger partial charge in [-0.3, -0.25) is 4.79 Å². The van der Waals surface area contributed by atoms with Crippen LogP contribution in [0.3, 0.4) is 0 Å². The Hall–Kier alpha value is -2.69. The summed E-state index contributed by atoms with van der Waals surface area (Å²) in [6.07, 6.45) is 79.9. The largest absolute Gasteiger partial charge is 0.394 e. The van der Waals surface area contributed by atoms with E-state index in [0.29, 0.717) is 6.42 Å². The Morgan fingerprint density at radius 1 is 0.397 bits per heavy atom. The Labute approximate surface area is 392 Å². The standard InChI is InChI=1S/C59H103NO3/c1-3-5-7-9-11-13-15-17-19-21-23-25-26-27-28-29-30-31-32-33-35-36-38-40-42-44-46-48-50-52-54-58(62)57(56-61)60-59(63)55-53-51-49-47-45-43-41-39-37-34-24-22-20-18-16-14-12-10-8-6-4-2/h6,8,12,14,18,20,24,34,36,38-39,41,44,46,52,54,57-58,61-62H,3-5,7,9-11,13,15-17,19,21-23,25-33,35,37,40,42-43,45,47-51,53,55-56H2,1-2H3,(H,60,63)/b8-6-,14-12-,20-18-,34-24-,38-36+,41-39-,46-44+,54-52+. The number of amides is 1. The zero-order valence-electron chi connectivity index (χ0n) is 41.6. The van der Waals surface area contributed by atoms with Crippen molar-refractivity contribution in [3.05, 3.63) is 97.2 Å². The normalized spacial score (nSPS) is 13.7. The highest BCUT2D eigenvalue weighted by molar-refractivity contribution is 5.76. The highest BCUT2D eigenvalue weighted by Crippen LogP contribution is 2.16. The van der Waals surface area contributed by atoms with Crippen LogP contribution < -0.4 is 5.32 Å². The maximum Gasteiger partial charge on any atom is 0.220 e. The first kappa shape index (κ1) is 60.3. The Morgan fingerprint density at radius 3 is 1.11 bits per heavy atom. The number of aliphatic hydroxyl groups excluding tert-OH is 2. The molecule has 63 heavy (non-hydrogen) atoms. The third kappa shape index (κ3) is 50.2. The minimum Gasteiger partial charge on any atom is -0.394 e. The fourth-order valence-corrected chi connectivity index (χ4v) is 7.71. The van der Waals surface area contributed by atoms with Crippen molar-refractivity contribution in [1.29, 1.82) is 0 Å². The molecule has 0 aliphatic heterocycles. The van der Waals surface area contributed by atoms with Crippen molar-refractivity contribution in [1.82, 2.24) is 5.32 Å². The molecule has 1 amide bonds. The summed E-state index contributed by atoms with van der Waals surface area (Å²) in [6, 6.07) is -0.664. The quantitative estimate of drug-likeness (QED) is 0.0421. The van der Waals surface area contributed by atoms with E-state index in [1.807, 2.05) is 6.08 Å². The lowest BCUT2D eigenvalue weighted by Gasteiger charge is -2.19. The summed E-state index contributed by atoms with van der Waals surface area (Å²) in [5.74, 6) is -0.0991. The van der Waals surface area contributed by atoms with Crippen molar-refractivity contribution in [2.24, 2.45) is 0 Å². The molecule has 2 unspecified atom stereocenters. The van der Waals surface area contributed by atoms with Gasteiger partial charge in [-0.1, -0.05) is 252 Å². The van der Waals surface area contributed by atoms with Crippen molar-refractivity contribution in [2.75, 3.05) is 6.61 Å². The third-order valence-corrected chi connectivity index (χ3v) is 11.8. The molecule has 0 saturated heterocycles. The summed E-state index contributed by atoms with van der Waals surface area (Å²) < 4.78 is 0. The lowest BCUT2D eigenvalue weighted by atomic mass is 10.0. The van der Waals surface area contributed by atoms with Crippen LogP contribution in [0.15, 0.2) is 97.2 Å². The Morgan fingerprint density at radius 2 is 0.714 bits per heavy atom. The van der Waals surface area contributed by atoms with Crippen LogP contribution in [0.5, 0.6) is 0 Å². The second-order valence-electron chi connectivity index (χ2n) is 17.9. The number of rotatable bonds is 48. The molecule has 0 aromatic heterocycles. The molecule has 0 aliphatic carbocycles. The SMILES string of the molecule is CC/C=C\C/C=C\C/C=C\C/C=C\C/C=C\CCCCCCCC(=O)NC(CO)C(O)/C=C/CC/C=C/CC/C=C/CCCCCCCCCCCCCCCCCCCCCC. The number of nitrogens with one attached hydrogen (secondary N) is 1. The maximum absolute atomic E-state index is 12.4. The van der Waals surface area contributed by atoms with Crippen LogP contribution in [-0.4, -0.2) is 34.9 Å². The molecular formula is C59H103NO3. The van der Waals surface area contributed by atoms with Gasteiger partial charge in [0.05, 0.1) is 18.8 Å². The van der Waals surface area contributed by atoms with E-state index < -0.39 is 12.1 Å². The van der Waals surface area contributed by atoms with Gasteiger partial charge in [-0.05, 0) is 89.9 Å². The van der Waals surface area contributed by atoms with E-state index in [2.05, 4.69) is 104 Å². The van der Waals surface area contributed by atoms with Crippen LogP contribution in [0.4, 0.5) is 0 Å². The fourth-order valence-electron chi connectivity index (χ4n) is 7.71. The zero-order valence-corrected chi connectivity index (χ0v) is 41.6. The van der Waals surface area contributed by atoms with Crippen LogP contribution in [-0.2, 0) is 4.79 Å². The monoisotopic (exact) mass is 874 g/mol. The van der Waals surface area contributed by atoms with Gasteiger partial charge in [0, 0.05) is 6.42 Å². The number of unbranched alkanes of at least 4 members (excludes halogenated alkanes) is 27. The minimum atomic E-state index is -0.886. The molecule has 0 fully saturated rings. The second-order valence-corrected chi connectivity index (χ2v) is 17.9. The summed E-state index contributed by atoms with van der Waals surface area (Å²) in [6.45, 7) is 4.18. The van der Waals surface area contributed by atoms with Crippen LogP contribution in [0.1, 0.15) is 251 Å². The minimum absolute atomic E-state index is 0.0991. The summed E-state index contributed by atoms with van der Waals surface area (Å²) in [5, 5.41) is 23.1. The first-order chi connectivity index (χ1) is 31.2. The number of hydrogen-bond acceptors (Lipinski definition) is 3. The molecule has 2 atom stereocenters. The van der Waals surface area contributed by atoms with Gasteiger partial charge in [0.2, 0.25) is 5.91 Å². The molecule has 0 heterocycles. The van der Waals surface area contributed by atoms with Gasteiger partial charge in [0.1, 0.15) is 0 Å². The summed E-state index contributed by atoms with van der Waals surface area (Å²) in [4.78, 5) is 12.4. The second kappa shape index (κ2) is 53.6. The molecule has 0 spiro atoms. The fraction of sp³-hybridized carbons (Fsp3) is 0.712. The van der Waals surface area contributed by atoms with Gasteiger partial charge in [-0.15, -0.1) is 0 Å². The Bertz CT molecular complexity index is 1170. The van der Waals surface area contributed by atoms with Crippen molar-refractivity contribution >= 4 is 5.91 Å². The van der Waals surface area contributed by atoms with Crippen molar-refractivity contribution in [2.45, 2.75) is 264 Å². The summed E-state index contributed by atoms with van der Waals surface area (Å²) in [5.41, 5.74) is 0. The van der Waals surface area contributed by atoms with Gasteiger partial charge in [-0.2, -0.15) is 0 Å². The summed E-state index contributed by atoms with van der Waals surface area (Å²) >= 11 is 0. The number of allylic oxidation sites excluding steroid dienone is 15. The molecule has 3 N–H and O–H groups in total. The van der Waals surface area contributed by atoms with E-state index in [-0.39, 0.29) is 12.5 Å². The third-order valence-electron chi connectivity index (χ3n) is 11.8. The molecule has 0 aromatic rings. The predicted octanol–water partition coefficient (Wildman–Crippen LogP) is 17.7. The van der Waals surface area contributed by atoms with Crippen LogP contribution >= 0.6 is 0 Å². The van der Waals surface area contributed by atoms with Crippen molar-refractivity contribution in [3.8, 4) is 0 Å². The molecule has 0 bridgehead atoms. The Kier molecular flexibility index (Phi) is 51.4. The zero-order chi connectivity index (χ0) is 45.6. The first-order valence-electron chi connectivity index (χ1n) is 27.0. The average molecular weight is 874 g/mol. The van der Waals surface area contributed by atoms with Gasteiger partial charge >= 0.3 is 0 Å². The number of aliphatic hydroxyl groups is 2. The molecule has 0 saturated carbocycles. The number of hydrogen-bond donors (Lipinski definition) is 3. The summed E-state index contributed by atoms with van der Waals surface area (Å²) in [7, 11) is 0. The smallest absolute Gasteiger partial charge is 0.220 e. The van der Waals surface area contributed by atoms with E-state index in [1.165, 1.54) is 148 Å². The number of carbonyl (C=O) groups excluding carboxylic acids is 1. The van der Waals surface area contributed by atoms with Gasteiger partial charge in [0.25, 0.3) is 0 Å².